The monoisotopic (exact) mass is 358 g/mol. The van der Waals surface area contributed by atoms with E-state index >= 15 is 0 Å². The normalized spacial score (nSPS) is 10.2. The van der Waals surface area contributed by atoms with E-state index in [0.717, 1.165) is 17.4 Å². The van der Waals surface area contributed by atoms with Gasteiger partial charge in [0, 0.05) is 11.8 Å². The summed E-state index contributed by atoms with van der Waals surface area (Å²) in [7, 11) is 0. The first kappa shape index (κ1) is 16.1. The van der Waals surface area contributed by atoms with Crippen molar-refractivity contribution in [3.63, 3.8) is 0 Å². The number of halogens is 2. The van der Waals surface area contributed by atoms with E-state index in [0.29, 0.717) is 16.3 Å². The summed E-state index contributed by atoms with van der Waals surface area (Å²) in [6, 6.07) is 10.9. The standard InChI is InChI=1S/C16H8ClFN4OS/c17-10-7-9(4-5-11(10)18)15(23)22-16-21-14(13(8-19)24-16)12-3-1-2-6-20-12/h1-7H,(H,21,22,23). The molecule has 1 N–H and O–H groups in total. The van der Waals surface area contributed by atoms with Crippen LogP contribution in [0.15, 0.2) is 42.6 Å². The molecule has 0 bridgehead atoms. The molecule has 118 valence electrons. The van der Waals surface area contributed by atoms with Crippen LogP contribution in [0.5, 0.6) is 0 Å². The zero-order valence-corrected chi connectivity index (χ0v) is 13.5. The molecule has 3 rings (SSSR count). The lowest BCUT2D eigenvalue weighted by atomic mass is 10.2. The quantitative estimate of drug-likeness (QED) is 0.763. The molecule has 2 aromatic heterocycles. The minimum absolute atomic E-state index is 0.145. The molecule has 2 heterocycles. The van der Waals surface area contributed by atoms with E-state index in [1.54, 1.807) is 24.4 Å². The van der Waals surface area contributed by atoms with Gasteiger partial charge < -0.3 is 0 Å². The van der Waals surface area contributed by atoms with Crippen LogP contribution in [0.25, 0.3) is 11.4 Å². The molecule has 0 aliphatic rings. The van der Waals surface area contributed by atoms with Crippen LogP contribution >= 0.6 is 22.9 Å². The Morgan fingerprint density at radius 2 is 2.17 bits per heavy atom. The van der Waals surface area contributed by atoms with E-state index in [9.17, 15) is 14.4 Å². The fourth-order valence-electron chi connectivity index (χ4n) is 1.93. The fraction of sp³-hybridized carbons (Fsp3) is 0. The maximum atomic E-state index is 13.2. The zero-order valence-electron chi connectivity index (χ0n) is 12.0. The van der Waals surface area contributed by atoms with Crippen molar-refractivity contribution in [2.45, 2.75) is 0 Å². The second-order valence-electron chi connectivity index (χ2n) is 4.61. The Hall–Kier alpha value is -2.82. The van der Waals surface area contributed by atoms with Crippen LogP contribution in [-0.2, 0) is 0 Å². The van der Waals surface area contributed by atoms with Gasteiger partial charge >= 0.3 is 0 Å². The Labute approximate surface area is 145 Å². The van der Waals surface area contributed by atoms with Gasteiger partial charge in [0.2, 0.25) is 0 Å². The number of nitriles is 1. The third-order valence-corrected chi connectivity index (χ3v) is 4.20. The van der Waals surface area contributed by atoms with Gasteiger partial charge in [-0.3, -0.25) is 15.1 Å². The van der Waals surface area contributed by atoms with Crippen LogP contribution in [0.3, 0.4) is 0 Å². The molecule has 24 heavy (non-hydrogen) atoms. The van der Waals surface area contributed by atoms with E-state index in [-0.39, 0.29) is 15.7 Å². The SMILES string of the molecule is N#Cc1sc(NC(=O)c2ccc(F)c(Cl)c2)nc1-c1ccccn1. The van der Waals surface area contributed by atoms with Crippen molar-refractivity contribution in [3.05, 3.63) is 63.9 Å². The maximum Gasteiger partial charge on any atom is 0.257 e. The maximum absolute atomic E-state index is 13.2. The molecule has 0 radical (unpaired) electrons. The van der Waals surface area contributed by atoms with Gasteiger partial charge in [-0.15, -0.1) is 0 Å². The van der Waals surface area contributed by atoms with E-state index in [1.165, 1.54) is 12.1 Å². The highest BCUT2D eigenvalue weighted by molar-refractivity contribution is 7.16. The van der Waals surface area contributed by atoms with Crippen molar-refractivity contribution >= 4 is 34.0 Å². The average molecular weight is 359 g/mol. The number of pyridine rings is 1. The topological polar surface area (TPSA) is 78.7 Å². The minimum Gasteiger partial charge on any atom is -0.298 e. The number of benzene rings is 1. The van der Waals surface area contributed by atoms with Crippen LogP contribution < -0.4 is 5.32 Å². The lowest BCUT2D eigenvalue weighted by Crippen LogP contribution is -2.11. The van der Waals surface area contributed by atoms with Crippen molar-refractivity contribution in [3.8, 4) is 17.5 Å². The van der Waals surface area contributed by atoms with Gasteiger partial charge in [-0.1, -0.05) is 29.0 Å². The molecular formula is C16H8ClFN4OS. The van der Waals surface area contributed by atoms with Crippen molar-refractivity contribution in [2.24, 2.45) is 0 Å². The molecule has 0 aliphatic heterocycles. The molecule has 5 nitrogen and oxygen atoms in total. The number of nitrogens with zero attached hydrogens (tertiary/aromatic N) is 3. The summed E-state index contributed by atoms with van der Waals surface area (Å²) in [6.45, 7) is 0. The van der Waals surface area contributed by atoms with Crippen LogP contribution in [0.1, 0.15) is 15.2 Å². The molecule has 0 fully saturated rings. The Kier molecular flexibility index (Phi) is 4.51. The van der Waals surface area contributed by atoms with Gasteiger partial charge in [-0.2, -0.15) is 5.26 Å². The average Bonchev–Trinajstić information content (AvgIpc) is 3.01. The third-order valence-electron chi connectivity index (χ3n) is 3.04. The molecule has 0 aliphatic carbocycles. The van der Waals surface area contributed by atoms with Crippen molar-refractivity contribution < 1.29 is 9.18 Å². The van der Waals surface area contributed by atoms with Crippen LogP contribution in [0, 0.1) is 17.1 Å². The molecule has 0 saturated heterocycles. The highest BCUT2D eigenvalue weighted by Crippen LogP contribution is 2.29. The number of amides is 1. The number of anilines is 1. The predicted octanol–water partition coefficient (Wildman–Crippen LogP) is 4.12. The van der Waals surface area contributed by atoms with E-state index in [4.69, 9.17) is 11.6 Å². The summed E-state index contributed by atoms with van der Waals surface area (Å²) in [5.74, 6) is -1.10. The van der Waals surface area contributed by atoms with E-state index < -0.39 is 11.7 Å². The van der Waals surface area contributed by atoms with Gasteiger partial charge in [-0.25, -0.2) is 9.37 Å². The van der Waals surface area contributed by atoms with Gasteiger partial charge in [0.25, 0.3) is 5.91 Å². The number of thiazole rings is 1. The summed E-state index contributed by atoms with van der Waals surface area (Å²) in [5.41, 5.74) is 1.13. The first-order valence-electron chi connectivity index (χ1n) is 6.67. The van der Waals surface area contributed by atoms with Crippen LogP contribution in [-0.4, -0.2) is 15.9 Å². The first-order valence-corrected chi connectivity index (χ1v) is 7.86. The third kappa shape index (κ3) is 3.25. The number of hydrogen-bond donors (Lipinski definition) is 1. The summed E-state index contributed by atoms with van der Waals surface area (Å²) in [4.78, 5) is 20.9. The second-order valence-corrected chi connectivity index (χ2v) is 6.01. The van der Waals surface area contributed by atoms with Gasteiger partial charge in [0.1, 0.15) is 22.5 Å². The molecule has 0 unspecified atom stereocenters. The van der Waals surface area contributed by atoms with Crippen LogP contribution in [0.4, 0.5) is 9.52 Å². The lowest BCUT2D eigenvalue weighted by Gasteiger charge is -2.02. The Balaban J connectivity index is 1.88. The van der Waals surface area contributed by atoms with Crippen molar-refractivity contribution in [1.29, 1.82) is 5.26 Å². The van der Waals surface area contributed by atoms with Crippen molar-refractivity contribution in [2.75, 3.05) is 5.32 Å². The second kappa shape index (κ2) is 6.74. The minimum atomic E-state index is -0.605. The summed E-state index contributed by atoms with van der Waals surface area (Å²) in [6.07, 6.45) is 1.59. The first-order chi connectivity index (χ1) is 11.6. The lowest BCUT2D eigenvalue weighted by molar-refractivity contribution is 0.102. The highest BCUT2D eigenvalue weighted by Gasteiger charge is 2.16. The summed E-state index contributed by atoms with van der Waals surface area (Å²) >= 11 is 6.71. The smallest absolute Gasteiger partial charge is 0.257 e. The molecule has 0 saturated carbocycles. The Bertz CT molecular complexity index is 952. The molecule has 1 aromatic carbocycles. The summed E-state index contributed by atoms with van der Waals surface area (Å²) in [5, 5.41) is 11.9. The number of carbonyl (C=O) groups excluding carboxylic acids is 1. The number of nitrogens with one attached hydrogen (secondary N) is 1. The largest absolute Gasteiger partial charge is 0.298 e. The number of aromatic nitrogens is 2. The highest BCUT2D eigenvalue weighted by atomic mass is 35.5. The molecule has 3 aromatic rings. The molecule has 0 spiro atoms. The van der Waals surface area contributed by atoms with E-state index in [1.807, 2.05) is 6.07 Å². The number of carbonyl (C=O) groups is 1. The van der Waals surface area contributed by atoms with Gasteiger partial charge in [0.05, 0.1) is 10.7 Å². The molecular weight excluding hydrogens is 351 g/mol. The summed E-state index contributed by atoms with van der Waals surface area (Å²) < 4.78 is 13.2. The number of rotatable bonds is 3. The van der Waals surface area contributed by atoms with E-state index in [2.05, 4.69) is 15.3 Å². The van der Waals surface area contributed by atoms with Crippen molar-refractivity contribution in [1.82, 2.24) is 9.97 Å². The van der Waals surface area contributed by atoms with Crippen LogP contribution in [0.2, 0.25) is 5.02 Å². The molecule has 0 atom stereocenters. The Morgan fingerprint density at radius 3 is 2.83 bits per heavy atom. The predicted molar refractivity (Wildman–Crippen MR) is 89.4 cm³/mol. The fourth-order valence-corrected chi connectivity index (χ4v) is 2.88. The molecule has 8 heteroatoms. The van der Waals surface area contributed by atoms with Gasteiger partial charge in [0.15, 0.2) is 5.13 Å². The van der Waals surface area contributed by atoms with Gasteiger partial charge in [-0.05, 0) is 30.3 Å². The zero-order chi connectivity index (χ0) is 17.1. The molecule has 1 amide bonds. The Morgan fingerprint density at radius 1 is 1.33 bits per heavy atom. The number of hydrogen-bond acceptors (Lipinski definition) is 5.